The van der Waals surface area contributed by atoms with Crippen LogP contribution in [0.15, 0.2) is 24.3 Å². The van der Waals surface area contributed by atoms with Crippen LogP contribution in [0.3, 0.4) is 0 Å². The summed E-state index contributed by atoms with van der Waals surface area (Å²) >= 11 is 0. The number of alkyl halides is 2. The fourth-order valence-corrected chi connectivity index (χ4v) is 2.08. The number of hydrogen-bond acceptors (Lipinski definition) is 1. The largest absolute Gasteiger partial charge is 0.258 e. The lowest BCUT2D eigenvalue weighted by Gasteiger charge is -2.24. The molecule has 2 atom stereocenters. The maximum atomic E-state index is 13.5. The summed E-state index contributed by atoms with van der Waals surface area (Å²) in [6, 6.07) is 3.68. The van der Waals surface area contributed by atoms with Gasteiger partial charge in [-0.15, -0.1) is 0 Å². The zero-order valence-electron chi connectivity index (χ0n) is 10.4. The van der Waals surface area contributed by atoms with Crippen LogP contribution < -0.4 is 4.72 Å². The molecule has 0 amide bonds. The molecule has 6 heteroatoms. The van der Waals surface area contributed by atoms with Crippen LogP contribution in [0, 0.1) is 5.82 Å². The van der Waals surface area contributed by atoms with E-state index in [4.69, 9.17) is 0 Å². The Bertz CT molecular complexity index is 432. The third-order valence-electron chi connectivity index (χ3n) is 2.28. The van der Waals surface area contributed by atoms with Crippen LogP contribution >= 0.6 is 0 Å². The number of benzene rings is 1. The monoisotopic (exact) mass is 279 g/mol. The molecule has 0 radical (unpaired) electrons. The minimum Gasteiger partial charge on any atom is -0.242 e. The second-order valence-corrected chi connectivity index (χ2v) is 6.83. The molecular formula is C12H16F3NOS. The summed E-state index contributed by atoms with van der Waals surface area (Å²) in [6.07, 6.45) is -2.84. The van der Waals surface area contributed by atoms with E-state index in [2.05, 4.69) is 4.72 Å². The van der Waals surface area contributed by atoms with Gasteiger partial charge < -0.3 is 0 Å². The van der Waals surface area contributed by atoms with Gasteiger partial charge in [0.1, 0.15) is 11.9 Å². The molecule has 0 saturated carbocycles. The van der Waals surface area contributed by atoms with Crippen LogP contribution in [-0.2, 0) is 11.0 Å². The zero-order chi connectivity index (χ0) is 13.9. The van der Waals surface area contributed by atoms with Crippen LogP contribution in [0.2, 0.25) is 0 Å². The molecule has 2 nitrogen and oxygen atoms in total. The standard InChI is InChI=1S/C12H16F3NOS/c1-12(2,3)18(17)16-10(11(14)15)8-6-4-5-7-9(8)13/h4-7,10-11,16H,1-3H3/t10-,18?/m0/s1. The summed E-state index contributed by atoms with van der Waals surface area (Å²) < 4.78 is 52.8. The molecule has 1 aromatic carbocycles. The zero-order valence-corrected chi connectivity index (χ0v) is 11.2. The Morgan fingerprint density at radius 2 is 1.78 bits per heavy atom. The lowest BCUT2D eigenvalue weighted by Crippen LogP contribution is -2.38. The normalized spacial score (nSPS) is 15.7. The summed E-state index contributed by atoms with van der Waals surface area (Å²) in [5, 5.41) is 0. The number of hydrogen-bond donors (Lipinski definition) is 1. The molecule has 0 aliphatic carbocycles. The van der Waals surface area contributed by atoms with Gasteiger partial charge in [-0.05, 0) is 26.8 Å². The van der Waals surface area contributed by atoms with Gasteiger partial charge in [-0.2, -0.15) is 0 Å². The van der Waals surface area contributed by atoms with Gasteiger partial charge in [-0.1, -0.05) is 18.2 Å². The molecule has 0 aromatic heterocycles. The molecule has 0 bridgehead atoms. The topological polar surface area (TPSA) is 29.1 Å². The summed E-state index contributed by atoms with van der Waals surface area (Å²) in [6.45, 7) is 4.96. The molecule has 0 heterocycles. The Kier molecular flexibility index (Phi) is 4.92. The van der Waals surface area contributed by atoms with Gasteiger partial charge in [0, 0.05) is 5.56 Å². The first kappa shape index (κ1) is 15.2. The first-order valence-electron chi connectivity index (χ1n) is 5.44. The number of nitrogens with one attached hydrogen (secondary N) is 1. The van der Waals surface area contributed by atoms with E-state index in [0.29, 0.717) is 0 Å². The molecule has 18 heavy (non-hydrogen) atoms. The average molecular weight is 279 g/mol. The quantitative estimate of drug-likeness (QED) is 0.901. The van der Waals surface area contributed by atoms with Gasteiger partial charge >= 0.3 is 0 Å². The van der Waals surface area contributed by atoms with E-state index in [1.54, 1.807) is 20.8 Å². The summed E-state index contributed by atoms with van der Waals surface area (Å²) in [4.78, 5) is 0. The van der Waals surface area contributed by atoms with Gasteiger partial charge in [0.25, 0.3) is 6.43 Å². The van der Waals surface area contributed by atoms with Crippen LogP contribution in [0.5, 0.6) is 0 Å². The highest BCUT2D eigenvalue weighted by Gasteiger charge is 2.30. The number of halogens is 3. The smallest absolute Gasteiger partial charge is 0.242 e. The molecule has 1 aromatic rings. The van der Waals surface area contributed by atoms with Crippen molar-refractivity contribution in [2.24, 2.45) is 0 Å². The maximum Gasteiger partial charge on any atom is 0.258 e. The molecule has 0 aliphatic rings. The van der Waals surface area contributed by atoms with Gasteiger partial charge in [0.15, 0.2) is 0 Å². The predicted octanol–water partition coefficient (Wildman–Crippen LogP) is 3.18. The third-order valence-corrected chi connectivity index (χ3v) is 3.86. The highest BCUT2D eigenvalue weighted by Crippen LogP contribution is 2.25. The fraction of sp³-hybridized carbons (Fsp3) is 0.500. The molecule has 0 saturated heterocycles. The second-order valence-electron chi connectivity index (χ2n) is 4.83. The first-order chi connectivity index (χ1) is 8.23. The van der Waals surface area contributed by atoms with E-state index in [1.165, 1.54) is 18.2 Å². The van der Waals surface area contributed by atoms with Crippen molar-refractivity contribution in [3.63, 3.8) is 0 Å². The van der Waals surface area contributed by atoms with Crippen LogP contribution in [-0.4, -0.2) is 15.4 Å². The van der Waals surface area contributed by atoms with Gasteiger partial charge in [-0.25, -0.2) is 22.1 Å². The highest BCUT2D eigenvalue weighted by molar-refractivity contribution is 7.84. The SMILES string of the molecule is CC(C)(C)S(=O)N[C@@H](c1ccccc1F)C(F)F. The highest BCUT2D eigenvalue weighted by atomic mass is 32.2. The maximum absolute atomic E-state index is 13.5. The first-order valence-corrected chi connectivity index (χ1v) is 6.59. The molecular weight excluding hydrogens is 263 g/mol. The van der Waals surface area contributed by atoms with Crippen LogP contribution in [0.4, 0.5) is 13.2 Å². The Morgan fingerprint density at radius 1 is 1.22 bits per heavy atom. The van der Waals surface area contributed by atoms with Crippen LogP contribution in [0.1, 0.15) is 32.4 Å². The predicted molar refractivity (Wildman–Crippen MR) is 66.2 cm³/mol. The van der Waals surface area contributed by atoms with E-state index in [9.17, 15) is 17.4 Å². The lowest BCUT2D eigenvalue weighted by atomic mass is 10.1. The van der Waals surface area contributed by atoms with Crippen LogP contribution in [0.25, 0.3) is 0 Å². The molecule has 1 rings (SSSR count). The summed E-state index contributed by atoms with van der Waals surface area (Å²) in [5.41, 5.74) is -0.176. The lowest BCUT2D eigenvalue weighted by molar-refractivity contribution is 0.108. The van der Waals surface area contributed by atoms with E-state index >= 15 is 0 Å². The second kappa shape index (κ2) is 5.84. The van der Waals surface area contributed by atoms with E-state index in [-0.39, 0.29) is 5.56 Å². The Balaban J connectivity index is 2.99. The van der Waals surface area contributed by atoms with Crippen molar-refractivity contribution in [2.45, 2.75) is 38.0 Å². The van der Waals surface area contributed by atoms with Crippen molar-refractivity contribution in [2.75, 3.05) is 0 Å². The Hall–Kier alpha value is -0.880. The van der Waals surface area contributed by atoms with E-state index in [1.807, 2.05) is 0 Å². The van der Waals surface area contributed by atoms with E-state index < -0.39 is 34.0 Å². The van der Waals surface area contributed by atoms with Crippen molar-refractivity contribution in [1.82, 2.24) is 4.72 Å². The molecule has 0 aliphatic heterocycles. The van der Waals surface area contributed by atoms with Crippen molar-refractivity contribution < 1.29 is 17.4 Å². The average Bonchev–Trinajstić information content (AvgIpc) is 2.25. The van der Waals surface area contributed by atoms with Gasteiger partial charge in [-0.3, -0.25) is 0 Å². The molecule has 1 unspecified atom stereocenters. The van der Waals surface area contributed by atoms with Crippen molar-refractivity contribution >= 4 is 11.0 Å². The minimum absolute atomic E-state index is 0.176. The van der Waals surface area contributed by atoms with Crippen molar-refractivity contribution in [3.8, 4) is 0 Å². The fourth-order valence-electron chi connectivity index (χ4n) is 1.27. The van der Waals surface area contributed by atoms with Gasteiger partial charge in [0.05, 0.1) is 15.7 Å². The summed E-state index contributed by atoms with van der Waals surface area (Å²) in [5.74, 6) is -0.735. The van der Waals surface area contributed by atoms with Crippen molar-refractivity contribution in [1.29, 1.82) is 0 Å². The Labute approximate surface area is 107 Å². The van der Waals surface area contributed by atoms with Crippen molar-refractivity contribution in [3.05, 3.63) is 35.6 Å². The molecule has 102 valence electrons. The molecule has 0 fully saturated rings. The van der Waals surface area contributed by atoms with E-state index in [0.717, 1.165) is 6.07 Å². The third kappa shape index (κ3) is 3.81. The Morgan fingerprint density at radius 3 is 2.22 bits per heavy atom. The minimum atomic E-state index is -2.84. The van der Waals surface area contributed by atoms with Gasteiger partial charge in [0.2, 0.25) is 0 Å². The summed E-state index contributed by atoms with van der Waals surface area (Å²) in [7, 11) is -1.69. The number of rotatable bonds is 4. The molecule has 0 spiro atoms. The molecule has 1 N–H and O–H groups in total.